The number of nitrogens with zero attached hydrogens (tertiary/aromatic N) is 2. The number of carboxylic acids is 1. The average molecular weight is 197 g/mol. The Hall–Kier alpha value is -1.52. The molecule has 0 aromatic carbocycles. The Labute approximate surface area is 82.5 Å². The molecule has 0 aliphatic rings. The zero-order valence-electron chi connectivity index (χ0n) is 8.83. The molecule has 1 rings (SSSR count). The van der Waals surface area contributed by atoms with Crippen molar-refractivity contribution in [1.82, 2.24) is 9.78 Å². The van der Waals surface area contributed by atoms with Gasteiger partial charge >= 0.3 is 5.97 Å². The number of anilines is 1. The number of rotatable bonds is 1. The molecule has 0 spiro atoms. The van der Waals surface area contributed by atoms with Crippen molar-refractivity contribution in [1.29, 1.82) is 0 Å². The van der Waals surface area contributed by atoms with E-state index in [4.69, 9.17) is 10.8 Å². The molecule has 0 radical (unpaired) electrons. The fourth-order valence-corrected chi connectivity index (χ4v) is 1.35. The summed E-state index contributed by atoms with van der Waals surface area (Å²) in [6, 6.07) is 0. The average Bonchev–Trinajstić information content (AvgIpc) is 2.24. The first-order valence-corrected chi connectivity index (χ1v) is 4.31. The van der Waals surface area contributed by atoms with Crippen molar-refractivity contribution in [2.24, 2.45) is 7.05 Å². The number of carboxylic acid groups (broad SMARTS) is 1. The van der Waals surface area contributed by atoms with Crippen LogP contribution in [0.25, 0.3) is 0 Å². The maximum absolute atomic E-state index is 10.8. The fourth-order valence-electron chi connectivity index (χ4n) is 1.35. The molecule has 0 atom stereocenters. The Morgan fingerprint density at radius 1 is 1.50 bits per heavy atom. The van der Waals surface area contributed by atoms with Crippen molar-refractivity contribution in [2.75, 3.05) is 5.73 Å². The van der Waals surface area contributed by atoms with Crippen molar-refractivity contribution in [2.45, 2.75) is 26.2 Å². The van der Waals surface area contributed by atoms with Crippen LogP contribution in [0, 0.1) is 0 Å². The van der Waals surface area contributed by atoms with E-state index in [9.17, 15) is 4.79 Å². The Balaban J connectivity index is 3.39. The molecule has 3 N–H and O–H groups in total. The molecule has 1 heterocycles. The molecule has 0 saturated heterocycles. The first kappa shape index (κ1) is 10.6. The van der Waals surface area contributed by atoms with Crippen LogP contribution in [0.3, 0.4) is 0 Å². The van der Waals surface area contributed by atoms with Gasteiger partial charge in [0, 0.05) is 12.5 Å². The summed E-state index contributed by atoms with van der Waals surface area (Å²) in [7, 11) is 1.58. The molecule has 1 aromatic rings. The van der Waals surface area contributed by atoms with Crippen LogP contribution < -0.4 is 5.73 Å². The molecule has 0 aliphatic carbocycles. The highest BCUT2D eigenvalue weighted by atomic mass is 16.4. The topological polar surface area (TPSA) is 81.1 Å². The van der Waals surface area contributed by atoms with Crippen LogP contribution in [0.2, 0.25) is 0 Å². The summed E-state index contributed by atoms with van der Waals surface area (Å²) >= 11 is 0. The van der Waals surface area contributed by atoms with Crippen LogP contribution in [0.5, 0.6) is 0 Å². The summed E-state index contributed by atoms with van der Waals surface area (Å²) < 4.78 is 1.30. The number of nitrogen functional groups attached to an aromatic ring is 1. The molecule has 78 valence electrons. The summed E-state index contributed by atoms with van der Waals surface area (Å²) in [6.45, 7) is 5.83. The minimum absolute atomic E-state index is 0.0509. The van der Waals surface area contributed by atoms with E-state index in [-0.39, 0.29) is 16.8 Å². The van der Waals surface area contributed by atoms with E-state index >= 15 is 0 Å². The molecule has 0 unspecified atom stereocenters. The molecule has 5 heteroatoms. The van der Waals surface area contributed by atoms with Gasteiger partial charge in [-0.25, -0.2) is 4.79 Å². The molecular formula is C9H15N3O2. The molecule has 0 bridgehead atoms. The first-order valence-electron chi connectivity index (χ1n) is 4.31. The minimum Gasteiger partial charge on any atom is -0.476 e. The summed E-state index contributed by atoms with van der Waals surface area (Å²) in [5.41, 5.74) is 6.42. The lowest BCUT2D eigenvalue weighted by atomic mass is 9.91. The molecule has 1 aromatic heterocycles. The van der Waals surface area contributed by atoms with Gasteiger partial charge in [0.05, 0.1) is 11.4 Å². The highest BCUT2D eigenvalue weighted by Gasteiger charge is 2.26. The van der Waals surface area contributed by atoms with Gasteiger partial charge < -0.3 is 10.8 Å². The third-order valence-electron chi connectivity index (χ3n) is 2.00. The molecule has 14 heavy (non-hydrogen) atoms. The van der Waals surface area contributed by atoms with Gasteiger partial charge in [0.2, 0.25) is 0 Å². The van der Waals surface area contributed by atoms with Gasteiger partial charge in [0.25, 0.3) is 0 Å². The molecule has 0 aliphatic heterocycles. The maximum atomic E-state index is 10.8. The van der Waals surface area contributed by atoms with Gasteiger partial charge in [-0.15, -0.1) is 0 Å². The van der Waals surface area contributed by atoms with Crippen molar-refractivity contribution >= 4 is 11.7 Å². The maximum Gasteiger partial charge on any atom is 0.356 e. The van der Waals surface area contributed by atoms with E-state index in [2.05, 4.69) is 5.10 Å². The zero-order valence-corrected chi connectivity index (χ0v) is 8.83. The predicted octanol–water partition coefficient (Wildman–Crippen LogP) is 0.998. The molecule has 0 fully saturated rings. The normalized spacial score (nSPS) is 11.7. The highest BCUT2D eigenvalue weighted by molar-refractivity contribution is 5.92. The molecular weight excluding hydrogens is 182 g/mol. The second-order valence-electron chi connectivity index (χ2n) is 4.29. The minimum atomic E-state index is -1.05. The van der Waals surface area contributed by atoms with Crippen LogP contribution in [-0.4, -0.2) is 20.9 Å². The molecule has 0 amide bonds. The fraction of sp³-hybridized carbons (Fsp3) is 0.556. The Morgan fingerprint density at radius 2 is 2.00 bits per heavy atom. The third kappa shape index (κ3) is 1.57. The Morgan fingerprint density at radius 3 is 2.21 bits per heavy atom. The number of aryl methyl sites for hydroxylation is 1. The van der Waals surface area contributed by atoms with Crippen LogP contribution in [-0.2, 0) is 12.5 Å². The second kappa shape index (κ2) is 3.01. The number of nitrogens with two attached hydrogens (primary N) is 1. The van der Waals surface area contributed by atoms with Gasteiger partial charge in [-0.05, 0) is 0 Å². The van der Waals surface area contributed by atoms with E-state index in [1.165, 1.54) is 4.68 Å². The zero-order chi connectivity index (χ0) is 11.1. The molecule has 0 saturated carbocycles. The van der Waals surface area contributed by atoms with E-state index in [1.54, 1.807) is 7.05 Å². The van der Waals surface area contributed by atoms with Crippen LogP contribution in [0.1, 0.15) is 37.0 Å². The van der Waals surface area contributed by atoms with E-state index < -0.39 is 5.97 Å². The number of aromatic nitrogens is 2. The summed E-state index contributed by atoms with van der Waals surface area (Å²) in [5.74, 6) is -1.05. The van der Waals surface area contributed by atoms with E-state index in [1.807, 2.05) is 20.8 Å². The van der Waals surface area contributed by atoms with Crippen LogP contribution in [0.4, 0.5) is 5.69 Å². The molecule has 5 nitrogen and oxygen atoms in total. The second-order valence-corrected chi connectivity index (χ2v) is 4.29. The summed E-state index contributed by atoms with van der Waals surface area (Å²) in [5, 5.41) is 13.0. The van der Waals surface area contributed by atoms with Crippen molar-refractivity contribution < 1.29 is 9.90 Å². The Kier molecular flexibility index (Phi) is 2.27. The predicted molar refractivity (Wildman–Crippen MR) is 53.3 cm³/mol. The van der Waals surface area contributed by atoms with Gasteiger partial charge in [0.1, 0.15) is 0 Å². The van der Waals surface area contributed by atoms with Crippen LogP contribution >= 0.6 is 0 Å². The third-order valence-corrected chi connectivity index (χ3v) is 2.00. The monoisotopic (exact) mass is 197 g/mol. The van der Waals surface area contributed by atoms with E-state index in [0.29, 0.717) is 5.69 Å². The summed E-state index contributed by atoms with van der Waals surface area (Å²) in [4.78, 5) is 10.8. The standard InChI is InChI=1S/C9H15N3O2/c1-9(2,3)7-5(10)6(8(13)14)12(4)11-7/h10H2,1-4H3,(H,13,14). The van der Waals surface area contributed by atoms with E-state index in [0.717, 1.165) is 0 Å². The van der Waals surface area contributed by atoms with Gasteiger partial charge in [0.15, 0.2) is 5.69 Å². The van der Waals surface area contributed by atoms with Crippen molar-refractivity contribution in [3.05, 3.63) is 11.4 Å². The van der Waals surface area contributed by atoms with Crippen molar-refractivity contribution in [3.63, 3.8) is 0 Å². The lowest BCUT2D eigenvalue weighted by molar-refractivity contribution is 0.0686. The lowest BCUT2D eigenvalue weighted by Crippen LogP contribution is -2.14. The number of hydrogen-bond donors (Lipinski definition) is 2. The number of carbonyl (C=O) groups is 1. The van der Waals surface area contributed by atoms with Crippen LogP contribution in [0.15, 0.2) is 0 Å². The number of aromatic carboxylic acids is 1. The summed E-state index contributed by atoms with van der Waals surface area (Å²) in [6.07, 6.45) is 0. The van der Waals surface area contributed by atoms with Crippen molar-refractivity contribution in [3.8, 4) is 0 Å². The van der Waals surface area contributed by atoms with Gasteiger partial charge in [-0.3, -0.25) is 4.68 Å². The lowest BCUT2D eigenvalue weighted by Gasteiger charge is -2.15. The quantitative estimate of drug-likeness (QED) is 0.703. The smallest absolute Gasteiger partial charge is 0.356 e. The largest absolute Gasteiger partial charge is 0.476 e. The highest BCUT2D eigenvalue weighted by Crippen LogP contribution is 2.28. The Bertz CT molecular complexity index is 374. The first-order chi connectivity index (χ1) is 6.25. The van der Waals surface area contributed by atoms with Gasteiger partial charge in [-0.2, -0.15) is 5.10 Å². The SMILES string of the molecule is Cn1nc(C(C)(C)C)c(N)c1C(=O)O. The number of hydrogen-bond acceptors (Lipinski definition) is 3. The van der Waals surface area contributed by atoms with Gasteiger partial charge in [-0.1, -0.05) is 20.8 Å².